The third-order valence-corrected chi connectivity index (χ3v) is 3.09. The molecule has 3 heteroatoms. The first kappa shape index (κ1) is 13.3. The highest BCUT2D eigenvalue weighted by Gasteiger charge is 2.11. The van der Waals surface area contributed by atoms with E-state index in [1.807, 2.05) is 18.2 Å². The van der Waals surface area contributed by atoms with E-state index in [0.717, 1.165) is 25.2 Å². The monoisotopic (exact) mass is 242 g/mol. The highest BCUT2D eigenvalue weighted by atomic mass is 35.5. The maximum atomic E-state index is 5.95. The van der Waals surface area contributed by atoms with Crippen molar-refractivity contribution in [3.8, 4) is 5.75 Å². The number of methoxy groups -OCH3 is 2. The molecule has 0 aromatic heterocycles. The van der Waals surface area contributed by atoms with Crippen LogP contribution in [0, 0.1) is 5.92 Å². The van der Waals surface area contributed by atoms with Gasteiger partial charge < -0.3 is 9.47 Å². The smallest absolute Gasteiger partial charge is 0.122 e. The Morgan fingerprint density at radius 1 is 1.25 bits per heavy atom. The van der Waals surface area contributed by atoms with Gasteiger partial charge in [0.1, 0.15) is 5.75 Å². The predicted molar refractivity (Wildman–Crippen MR) is 67.4 cm³/mol. The van der Waals surface area contributed by atoms with E-state index in [4.69, 9.17) is 21.1 Å². The molecule has 0 saturated heterocycles. The Morgan fingerprint density at radius 3 is 2.62 bits per heavy atom. The molecule has 0 spiro atoms. The van der Waals surface area contributed by atoms with Gasteiger partial charge in [-0.25, -0.2) is 0 Å². The van der Waals surface area contributed by atoms with E-state index in [1.54, 1.807) is 14.2 Å². The van der Waals surface area contributed by atoms with E-state index >= 15 is 0 Å². The van der Waals surface area contributed by atoms with Crippen LogP contribution in [-0.2, 0) is 11.2 Å². The average Bonchev–Trinajstić information content (AvgIpc) is 2.34. The first-order valence-corrected chi connectivity index (χ1v) is 6.02. The molecule has 0 bridgehead atoms. The highest BCUT2D eigenvalue weighted by Crippen LogP contribution is 2.22. The first-order valence-electron chi connectivity index (χ1n) is 5.48. The van der Waals surface area contributed by atoms with Gasteiger partial charge >= 0.3 is 0 Å². The molecule has 1 rings (SSSR count). The molecule has 1 unspecified atom stereocenters. The van der Waals surface area contributed by atoms with E-state index in [0.29, 0.717) is 11.8 Å². The highest BCUT2D eigenvalue weighted by molar-refractivity contribution is 6.18. The molecule has 0 aliphatic heterocycles. The summed E-state index contributed by atoms with van der Waals surface area (Å²) in [6, 6.07) is 8.08. The number of ether oxygens (including phenoxy) is 2. The normalized spacial score (nSPS) is 12.4. The Morgan fingerprint density at radius 2 is 2.00 bits per heavy atom. The van der Waals surface area contributed by atoms with E-state index in [9.17, 15) is 0 Å². The van der Waals surface area contributed by atoms with Crippen LogP contribution < -0.4 is 4.74 Å². The van der Waals surface area contributed by atoms with Crippen molar-refractivity contribution in [2.45, 2.75) is 12.8 Å². The van der Waals surface area contributed by atoms with Crippen LogP contribution in [0.15, 0.2) is 24.3 Å². The van der Waals surface area contributed by atoms with Crippen LogP contribution in [0.5, 0.6) is 5.75 Å². The molecule has 0 N–H and O–H groups in total. The van der Waals surface area contributed by atoms with Crippen LogP contribution in [0.25, 0.3) is 0 Å². The summed E-state index contributed by atoms with van der Waals surface area (Å²) in [5.74, 6) is 2.04. The van der Waals surface area contributed by atoms with Crippen LogP contribution >= 0.6 is 11.6 Å². The van der Waals surface area contributed by atoms with Gasteiger partial charge in [0, 0.05) is 19.6 Å². The van der Waals surface area contributed by atoms with E-state index in [2.05, 4.69) is 6.07 Å². The van der Waals surface area contributed by atoms with E-state index in [1.165, 1.54) is 5.56 Å². The molecule has 1 atom stereocenters. The lowest BCUT2D eigenvalue weighted by Crippen LogP contribution is -2.10. The van der Waals surface area contributed by atoms with Crippen molar-refractivity contribution in [2.75, 3.05) is 26.7 Å². The molecular formula is C13H19ClO2. The Labute approximate surface area is 103 Å². The van der Waals surface area contributed by atoms with Crippen LogP contribution in [0.3, 0.4) is 0 Å². The molecule has 90 valence electrons. The summed E-state index contributed by atoms with van der Waals surface area (Å²) in [6.07, 6.45) is 1.93. The van der Waals surface area contributed by atoms with Gasteiger partial charge in [0.15, 0.2) is 0 Å². The molecule has 1 aromatic rings. The molecule has 0 saturated carbocycles. The SMILES string of the molecule is COCCC(CCl)Cc1ccccc1OC. The quantitative estimate of drug-likeness (QED) is 0.684. The summed E-state index contributed by atoms with van der Waals surface area (Å²) in [5, 5.41) is 0. The predicted octanol–water partition coefficient (Wildman–Crippen LogP) is 3.13. The third kappa shape index (κ3) is 4.03. The van der Waals surface area contributed by atoms with Gasteiger partial charge in [0.05, 0.1) is 7.11 Å². The molecule has 16 heavy (non-hydrogen) atoms. The van der Waals surface area contributed by atoms with Gasteiger partial charge in [-0.2, -0.15) is 0 Å². The molecule has 0 fully saturated rings. The Kier molecular flexibility index (Phi) is 6.27. The molecule has 1 aromatic carbocycles. The Bertz CT molecular complexity index is 302. The molecule has 0 amide bonds. The summed E-state index contributed by atoms with van der Waals surface area (Å²) in [4.78, 5) is 0. The van der Waals surface area contributed by atoms with Gasteiger partial charge in [0.2, 0.25) is 0 Å². The minimum atomic E-state index is 0.443. The zero-order chi connectivity index (χ0) is 11.8. The van der Waals surface area contributed by atoms with Gasteiger partial charge in [-0.15, -0.1) is 11.6 Å². The van der Waals surface area contributed by atoms with Crippen molar-refractivity contribution in [2.24, 2.45) is 5.92 Å². The number of alkyl halides is 1. The van der Waals surface area contributed by atoms with E-state index in [-0.39, 0.29) is 0 Å². The summed E-state index contributed by atoms with van der Waals surface area (Å²) < 4.78 is 10.4. The lowest BCUT2D eigenvalue weighted by molar-refractivity contribution is 0.180. The summed E-state index contributed by atoms with van der Waals surface area (Å²) in [7, 11) is 3.41. The lowest BCUT2D eigenvalue weighted by atomic mass is 9.97. The van der Waals surface area contributed by atoms with Crippen LogP contribution in [-0.4, -0.2) is 26.7 Å². The van der Waals surface area contributed by atoms with Crippen molar-refractivity contribution in [3.63, 3.8) is 0 Å². The fourth-order valence-electron chi connectivity index (χ4n) is 1.70. The van der Waals surface area contributed by atoms with Crippen molar-refractivity contribution < 1.29 is 9.47 Å². The summed E-state index contributed by atoms with van der Waals surface area (Å²) in [6.45, 7) is 0.756. The zero-order valence-corrected chi connectivity index (χ0v) is 10.7. The second-order valence-electron chi connectivity index (χ2n) is 3.82. The van der Waals surface area contributed by atoms with Gasteiger partial charge in [0.25, 0.3) is 0 Å². The number of benzene rings is 1. The standard InChI is InChI=1S/C13H19ClO2/c1-15-8-7-11(10-14)9-12-5-3-4-6-13(12)16-2/h3-6,11H,7-10H2,1-2H3. The maximum absolute atomic E-state index is 5.95. The van der Waals surface area contributed by atoms with Gasteiger partial charge in [-0.3, -0.25) is 0 Å². The molecular weight excluding hydrogens is 224 g/mol. The van der Waals surface area contributed by atoms with Gasteiger partial charge in [-0.05, 0) is 30.4 Å². The number of hydrogen-bond donors (Lipinski definition) is 0. The molecule has 2 nitrogen and oxygen atoms in total. The maximum Gasteiger partial charge on any atom is 0.122 e. The largest absolute Gasteiger partial charge is 0.496 e. The molecule has 0 aliphatic carbocycles. The molecule has 0 radical (unpaired) electrons. The fourth-order valence-corrected chi connectivity index (χ4v) is 1.96. The summed E-state index contributed by atoms with van der Waals surface area (Å²) >= 11 is 5.95. The minimum Gasteiger partial charge on any atom is -0.496 e. The van der Waals surface area contributed by atoms with Crippen molar-refractivity contribution in [1.29, 1.82) is 0 Å². The van der Waals surface area contributed by atoms with Crippen LogP contribution in [0.2, 0.25) is 0 Å². The average molecular weight is 243 g/mol. The number of hydrogen-bond acceptors (Lipinski definition) is 2. The summed E-state index contributed by atoms with van der Waals surface area (Å²) in [5.41, 5.74) is 1.21. The molecule has 0 aliphatic rings. The molecule has 0 heterocycles. The topological polar surface area (TPSA) is 18.5 Å². The second-order valence-corrected chi connectivity index (χ2v) is 4.13. The van der Waals surface area contributed by atoms with Crippen molar-refractivity contribution >= 4 is 11.6 Å². The zero-order valence-electron chi connectivity index (χ0n) is 9.91. The third-order valence-electron chi connectivity index (χ3n) is 2.65. The Balaban J connectivity index is 2.62. The van der Waals surface area contributed by atoms with Crippen molar-refractivity contribution in [1.82, 2.24) is 0 Å². The second kappa shape index (κ2) is 7.53. The number of rotatable bonds is 7. The van der Waals surface area contributed by atoms with E-state index < -0.39 is 0 Å². The first-order chi connectivity index (χ1) is 7.81. The Hall–Kier alpha value is -0.730. The van der Waals surface area contributed by atoms with Gasteiger partial charge in [-0.1, -0.05) is 18.2 Å². The number of para-hydroxylation sites is 1. The van der Waals surface area contributed by atoms with Crippen molar-refractivity contribution in [3.05, 3.63) is 29.8 Å². The lowest BCUT2D eigenvalue weighted by Gasteiger charge is -2.15. The number of halogens is 1. The van der Waals surface area contributed by atoms with Crippen LogP contribution in [0.1, 0.15) is 12.0 Å². The van der Waals surface area contributed by atoms with Crippen LogP contribution in [0.4, 0.5) is 0 Å². The minimum absolute atomic E-state index is 0.443. The fraction of sp³-hybridized carbons (Fsp3) is 0.538.